The van der Waals surface area contributed by atoms with Gasteiger partial charge in [0.05, 0.1) is 5.75 Å². The van der Waals surface area contributed by atoms with Crippen LogP contribution in [0.4, 0.5) is 9.18 Å². The molecule has 0 spiro atoms. The first kappa shape index (κ1) is 19.2. The third-order valence-corrected chi connectivity index (χ3v) is 4.76. The average Bonchev–Trinajstić information content (AvgIpc) is 2.60. The molecule has 6 nitrogen and oxygen atoms in total. The maximum atomic E-state index is 13.4. The summed E-state index contributed by atoms with van der Waals surface area (Å²) in [5.41, 5.74) is 0. The van der Waals surface area contributed by atoms with Crippen molar-refractivity contribution in [3.05, 3.63) is 30.1 Å². The lowest BCUT2D eigenvalue weighted by Gasteiger charge is -2.22. The molecule has 2 N–H and O–H groups in total. The molecule has 0 saturated heterocycles. The summed E-state index contributed by atoms with van der Waals surface area (Å²) in [6.45, 7) is -0.547. The number of rotatable bonds is 6. The van der Waals surface area contributed by atoms with Crippen LogP contribution in [0.1, 0.15) is 32.1 Å². The van der Waals surface area contributed by atoms with E-state index in [0.717, 1.165) is 37.4 Å². The van der Waals surface area contributed by atoms with Crippen molar-refractivity contribution in [3.63, 3.8) is 0 Å². The molecule has 1 aliphatic rings. The van der Waals surface area contributed by atoms with E-state index in [9.17, 15) is 18.8 Å². The van der Waals surface area contributed by atoms with Gasteiger partial charge in [-0.1, -0.05) is 31.4 Å². The van der Waals surface area contributed by atoms with E-state index in [0.29, 0.717) is 4.90 Å². The minimum absolute atomic E-state index is 0.0845. The number of hydrogen-bond donors (Lipinski definition) is 2. The van der Waals surface area contributed by atoms with Gasteiger partial charge in [-0.3, -0.25) is 14.9 Å². The van der Waals surface area contributed by atoms with Gasteiger partial charge in [-0.15, -0.1) is 11.8 Å². The number of amides is 3. The fraction of sp³-hybridized carbons (Fsp3) is 0.471. The molecule has 0 radical (unpaired) electrons. The molecule has 8 heteroatoms. The van der Waals surface area contributed by atoms with Gasteiger partial charge in [0.15, 0.2) is 6.61 Å². The second-order valence-corrected chi connectivity index (χ2v) is 6.75. The number of esters is 1. The number of hydrogen-bond acceptors (Lipinski definition) is 5. The summed E-state index contributed by atoms with van der Waals surface area (Å²) in [7, 11) is 0. The summed E-state index contributed by atoms with van der Waals surface area (Å²) >= 11 is 0.983. The Hall–Kier alpha value is -2.09. The van der Waals surface area contributed by atoms with Gasteiger partial charge >= 0.3 is 12.0 Å². The maximum Gasteiger partial charge on any atom is 0.321 e. The highest BCUT2D eigenvalue weighted by Crippen LogP contribution is 2.21. The highest BCUT2D eigenvalue weighted by Gasteiger charge is 2.17. The number of carbonyl (C=O) groups is 3. The number of imide groups is 1. The Kier molecular flexibility index (Phi) is 7.72. The van der Waals surface area contributed by atoms with E-state index in [1.807, 2.05) is 0 Å². The number of carbonyl (C=O) groups excluding carboxylic acids is 3. The molecule has 3 amide bonds. The van der Waals surface area contributed by atoms with Crippen molar-refractivity contribution in [2.45, 2.75) is 43.0 Å². The van der Waals surface area contributed by atoms with Crippen LogP contribution in [0.2, 0.25) is 0 Å². The zero-order valence-electron chi connectivity index (χ0n) is 13.8. The summed E-state index contributed by atoms with van der Waals surface area (Å²) in [6, 6.07) is 5.58. The van der Waals surface area contributed by atoms with Crippen molar-refractivity contribution >= 4 is 29.7 Å². The van der Waals surface area contributed by atoms with E-state index in [1.54, 1.807) is 18.2 Å². The lowest BCUT2D eigenvalue weighted by Crippen LogP contribution is -2.46. The first-order valence-corrected chi connectivity index (χ1v) is 9.16. The monoisotopic (exact) mass is 368 g/mol. The maximum absolute atomic E-state index is 13.4. The molecule has 0 aromatic heterocycles. The van der Waals surface area contributed by atoms with Gasteiger partial charge in [0.25, 0.3) is 5.91 Å². The molecule has 25 heavy (non-hydrogen) atoms. The number of halogens is 1. The van der Waals surface area contributed by atoms with Gasteiger partial charge in [-0.05, 0) is 25.0 Å². The van der Waals surface area contributed by atoms with Gasteiger partial charge in [-0.25, -0.2) is 9.18 Å². The van der Waals surface area contributed by atoms with Crippen molar-refractivity contribution in [3.8, 4) is 0 Å². The predicted octanol–water partition coefficient (Wildman–Crippen LogP) is 2.62. The Labute approximate surface area is 149 Å². The van der Waals surface area contributed by atoms with Crippen LogP contribution in [0.3, 0.4) is 0 Å². The van der Waals surface area contributed by atoms with E-state index in [1.165, 1.54) is 12.5 Å². The summed E-state index contributed by atoms with van der Waals surface area (Å²) < 4.78 is 18.2. The van der Waals surface area contributed by atoms with Crippen molar-refractivity contribution in [2.75, 3.05) is 12.4 Å². The Bertz CT molecular complexity index is 620. The molecular formula is C17H21FN2O4S. The van der Waals surface area contributed by atoms with Gasteiger partial charge in [0.1, 0.15) is 5.82 Å². The first-order valence-electron chi connectivity index (χ1n) is 8.18. The van der Waals surface area contributed by atoms with Crippen molar-refractivity contribution in [1.29, 1.82) is 0 Å². The molecule has 0 atom stereocenters. The number of thioether (sulfide) groups is 1. The Morgan fingerprint density at radius 3 is 2.60 bits per heavy atom. The van der Waals surface area contributed by atoms with Crippen molar-refractivity contribution in [1.82, 2.24) is 10.6 Å². The van der Waals surface area contributed by atoms with E-state index < -0.39 is 30.3 Å². The van der Waals surface area contributed by atoms with Crippen LogP contribution >= 0.6 is 11.8 Å². The Balaban J connectivity index is 1.62. The van der Waals surface area contributed by atoms with Crippen LogP contribution < -0.4 is 10.6 Å². The highest BCUT2D eigenvalue weighted by molar-refractivity contribution is 8.00. The first-order chi connectivity index (χ1) is 12.0. The third-order valence-electron chi connectivity index (χ3n) is 3.74. The topological polar surface area (TPSA) is 84.5 Å². The summed E-state index contributed by atoms with van der Waals surface area (Å²) in [4.78, 5) is 35.2. The molecule has 0 aliphatic heterocycles. The second-order valence-electron chi connectivity index (χ2n) is 5.74. The van der Waals surface area contributed by atoms with E-state index >= 15 is 0 Å². The van der Waals surface area contributed by atoms with Crippen LogP contribution in [0.15, 0.2) is 29.2 Å². The normalized spacial score (nSPS) is 14.6. The number of benzene rings is 1. The number of ether oxygens (including phenoxy) is 1. The van der Waals surface area contributed by atoms with Crippen LogP contribution in [-0.2, 0) is 14.3 Å². The molecule has 1 aromatic carbocycles. The average molecular weight is 368 g/mol. The van der Waals surface area contributed by atoms with E-state index in [-0.39, 0.29) is 11.8 Å². The van der Waals surface area contributed by atoms with Crippen molar-refractivity contribution < 1.29 is 23.5 Å². The Morgan fingerprint density at radius 1 is 1.16 bits per heavy atom. The van der Waals surface area contributed by atoms with Gasteiger partial charge in [0.2, 0.25) is 0 Å². The molecular weight excluding hydrogens is 347 g/mol. The van der Waals surface area contributed by atoms with Crippen molar-refractivity contribution in [2.24, 2.45) is 0 Å². The summed E-state index contributed by atoms with van der Waals surface area (Å²) in [5.74, 6) is -1.89. The lowest BCUT2D eigenvalue weighted by molar-refractivity contribution is -0.145. The Morgan fingerprint density at radius 2 is 1.88 bits per heavy atom. The molecule has 1 saturated carbocycles. The van der Waals surface area contributed by atoms with Crippen LogP contribution in [0.5, 0.6) is 0 Å². The molecule has 0 unspecified atom stereocenters. The molecule has 0 heterocycles. The summed E-state index contributed by atoms with van der Waals surface area (Å²) in [6.07, 6.45) is 5.11. The zero-order chi connectivity index (χ0) is 18.1. The third kappa shape index (κ3) is 7.13. The minimum atomic E-state index is -0.697. The van der Waals surface area contributed by atoms with Crippen LogP contribution in [0.25, 0.3) is 0 Å². The zero-order valence-corrected chi connectivity index (χ0v) is 14.6. The summed E-state index contributed by atoms with van der Waals surface area (Å²) in [5, 5.41) is 4.87. The molecule has 136 valence electrons. The molecule has 0 bridgehead atoms. The van der Waals surface area contributed by atoms with Gasteiger partial charge in [0, 0.05) is 10.9 Å². The number of nitrogens with one attached hydrogen (secondary N) is 2. The van der Waals surface area contributed by atoms with Crippen LogP contribution in [0, 0.1) is 5.82 Å². The predicted molar refractivity (Wildman–Crippen MR) is 91.6 cm³/mol. The number of urea groups is 1. The van der Waals surface area contributed by atoms with E-state index in [4.69, 9.17) is 4.74 Å². The standard InChI is InChI=1S/C17H21FN2O4S/c18-13-8-4-5-9-14(13)25-11-16(22)24-10-15(21)20-17(23)19-12-6-2-1-3-7-12/h4-5,8-9,12H,1-3,6-7,10-11H2,(H2,19,20,21,23). The van der Waals surface area contributed by atoms with Gasteiger partial charge < -0.3 is 10.1 Å². The highest BCUT2D eigenvalue weighted by atomic mass is 32.2. The second kappa shape index (κ2) is 10.0. The fourth-order valence-corrected chi connectivity index (χ4v) is 3.25. The molecule has 1 aliphatic carbocycles. The van der Waals surface area contributed by atoms with Crippen LogP contribution in [-0.4, -0.2) is 36.3 Å². The molecule has 1 aromatic rings. The minimum Gasteiger partial charge on any atom is -0.455 e. The smallest absolute Gasteiger partial charge is 0.321 e. The quantitative estimate of drug-likeness (QED) is 0.596. The largest absolute Gasteiger partial charge is 0.455 e. The fourth-order valence-electron chi connectivity index (χ4n) is 2.52. The van der Waals surface area contributed by atoms with Gasteiger partial charge in [-0.2, -0.15) is 0 Å². The lowest BCUT2D eigenvalue weighted by atomic mass is 9.96. The SMILES string of the molecule is O=C(COC(=O)CSc1ccccc1F)NC(=O)NC1CCCCC1. The molecule has 1 fully saturated rings. The van der Waals surface area contributed by atoms with E-state index in [2.05, 4.69) is 10.6 Å². The molecule has 2 rings (SSSR count).